The Morgan fingerprint density at radius 1 is 1.11 bits per heavy atom. The molecule has 2 rings (SSSR count). The van der Waals surface area contributed by atoms with Gasteiger partial charge in [0.25, 0.3) is 0 Å². The summed E-state index contributed by atoms with van der Waals surface area (Å²) in [4.78, 5) is 16.9. The molecule has 0 saturated heterocycles. The standard InChI is InChI=1S/C21H31NO5/c1-19(2,3)26-18(27-20(4,5)6)22-12-16(23)14-9-10-17-15(11-14)13-24-21(7,8)25-17/h9-11H,12-13H2,1-8H3. The van der Waals surface area contributed by atoms with Crippen molar-refractivity contribution in [2.24, 2.45) is 4.99 Å². The predicted octanol–water partition coefficient (Wildman–Crippen LogP) is 4.50. The third-order valence-electron chi connectivity index (χ3n) is 3.45. The third-order valence-corrected chi connectivity index (χ3v) is 3.45. The second-order valence-corrected chi connectivity index (χ2v) is 9.05. The molecule has 0 bridgehead atoms. The zero-order valence-electron chi connectivity index (χ0n) is 17.6. The molecule has 6 nitrogen and oxygen atoms in total. The molecular weight excluding hydrogens is 346 g/mol. The van der Waals surface area contributed by atoms with E-state index in [9.17, 15) is 4.79 Å². The normalized spacial score (nSPS) is 16.0. The number of aliphatic imine (C=N–C) groups is 1. The zero-order valence-corrected chi connectivity index (χ0v) is 17.6. The minimum absolute atomic E-state index is 0.0620. The summed E-state index contributed by atoms with van der Waals surface area (Å²) >= 11 is 0. The molecule has 150 valence electrons. The number of hydrogen-bond donors (Lipinski definition) is 0. The first-order valence-electron chi connectivity index (χ1n) is 9.16. The number of fused-ring (bicyclic) bond motifs is 1. The molecule has 1 heterocycles. The monoisotopic (exact) mass is 377 g/mol. The van der Waals surface area contributed by atoms with Crippen LogP contribution in [-0.2, 0) is 20.8 Å². The Morgan fingerprint density at radius 2 is 1.70 bits per heavy atom. The van der Waals surface area contributed by atoms with E-state index < -0.39 is 17.0 Å². The Bertz CT molecular complexity index is 705. The Balaban J connectivity index is 2.13. The second-order valence-electron chi connectivity index (χ2n) is 9.05. The molecule has 0 amide bonds. The van der Waals surface area contributed by atoms with Crippen LogP contribution in [0.15, 0.2) is 23.2 Å². The fourth-order valence-electron chi connectivity index (χ4n) is 2.35. The lowest BCUT2D eigenvalue weighted by Gasteiger charge is -2.32. The molecule has 0 aromatic heterocycles. The molecule has 6 heteroatoms. The lowest BCUT2D eigenvalue weighted by Crippen LogP contribution is -2.35. The second kappa shape index (κ2) is 7.50. The summed E-state index contributed by atoms with van der Waals surface area (Å²) in [5, 5.41) is 0. The van der Waals surface area contributed by atoms with Crippen molar-refractivity contribution in [3.05, 3.63) is 29.3 Å². The first kappa shape index (κ1) is 21.2. The van der Waals surface area contributed by atoms with Crippen molar-refractivity contribution in [1.29, 1.82) is 0 Å². The number of rotatable bonds is 3. The van der Waals surface area contributed by atoms with Crippen molar-refractivity contribution in [3.63, 3.8) is 0 Å². The Kier molecular flexibility index (Phi) is 5.90. The maximum absolute atomic E-state index is 12.6. The number of nitrogens with zero attached hydrogens (tertiary/aromatic N) is 1. The van der Waals surface area contributed by atoms with Gasteiger partial charge in [0.15, 0.2) is 5.78 Å². The maximum atomic E-state index is 12.6. The van der Waals surface area contributed by atoms with Crippen LogP contribution in [0.4, 0.5) is 0 Å². The highest BCUT2D eigenvalue weighted by Gasteiger charge is 2.28. The van der Waals surface area contributed by atoms with E-state index in [-0.39, 0.29) is 18.4 Å². The van der Waals surface area contributed by atoms with Crippen LogP contribution >= 0.6 is 0 Å². The fraction of sp³-hybridized carbons (Fsp3) is 0.619. The lowest BCUT2D eigenvalue weighted by molar-refractivity contribution is -0.180. The van der Waals surface area contributed by atoms with Crippen molar-refractivity contribution < 1.29 is 23.7 Å². The smallest absolute Gasteiger partial charge is 0.384 e. The highest BCUT2D eigenvalue weighted by Crippen LogP contribution is 2.31. The molecule has 0 unspecified atom stereocenters. The van der Waals surface area contributed by atoms with Crippen molar-refractivity contribution in [2.45, 2.75) is 79.0 Å². The average Bonchev–Trinajstić information content (AvgIpc) is 2.48. The summed E-state index contributed by atoms with van der Waals surface area (Å²) in [5.41, 5.74) is 0.456. The summed E-state index contributed by atoms with van der Waals surface area (Å²) < 4.78 is 22.9. The largest absolute Gasteiger partial charge is 0.463 e. The SMILES string of the molecule is CC(C)(C)OC(=NCC(=O)c1ccc2c(c1)COC(C)(C)O2)OC(C)(C)C. The molecule has 1 aromatic carbocycles. The molecule has 27 heavy (non-hydrogen) atoms. The number of ketones is 1. The topological polar surface area (TPSA) is 66.4 Å². The van der Waals surface area contributed by atoms with Crippen molar-refractivity contribution in [3.8, 4) is 5.75 Å². The molecule has 0 radical (unpaired) electrons. The minimum atomic E-state index is -0.660. The molecule has 0 aliphatic carbocycles. The van der Waals surface area contributed by atoms with Crippen LogP contribution in [0.3, 0.4) is 0 Å². The molecule has 1 aromatic rings. The van der Waals surface area contributed by atoms with Crippen LogP contribution in [0.25, 0.3) is 0 Å². The van der Waals surface area contributed by atoms with Crippen LogP contribution < -0.4 is 4.74 Å². The van der Waals surface area contributed by atoms with E-state index in [4.69, 9.17) is 18.9 Å². The summed E-state index contributed by atoms with van der Waals surface area (Å²) in [6.07, 6.45) is 0.120. The van der Waals surface area contributed by atoms with E-state index in [1.807, 2.05) is 55.4 Å². The maximum Gasteiger partial charge on any atom is 0.384 e. The number of carbonyl (C=O) groups excluding carboxylic acids is 1. The van der Waals surface area contributed by atoms with Gasteiger partial charge in [-0.05, 0) is 59.7 Å². The molecular formula is C21H31NO5. The summed E-state index contributed by atoms with van der Waals surface area (Å²) in [5.74, 6) is -0.0546. The number of Topliss-reactive ketones (excluding diaryl/α,β-unsaturated/α-hetero) is 1. The van der Waals surface area contributed by atoms with Crippen LogP contribution in [0.5, 0.6) is 5.75 Å². The summed E-state index contributed by atoms with van der Waals surface area (Å²) in [6, 6.07) is 5.33. The summed E-state index contributed by atoms with van der Waals surface area (Å²) in [6.45, 7) is 15.5. The van der Waals surface area contributed by atoms with E-state index in [1.54, 1.807) is 18.2 Å². The van der Waals surface area contributed by atoms with Crippen LogP contribution in [-0.4, -0.2) is 35.4 Å². The van der Waals surface area contributed by atoms with E-state index in [0.717, 1.165) is 11.3 Å². The van der Waals surface area contributed by atoms with Crippen LogP contribution in [0.1, 0.15) is 71.3 Å². The Labute approximate surface area is 161 Å². The Hall–Kier alpha value is -2.08. The summed E-state index contributed by atoms with van der Waals surface area (Å²) in [7, 11) is 0. The number of ether oxygens (including phenoxy) is 4. The molecule has 0 fully saturated rings. The molecule has 0 spiro atoms. The van der Waals surface area contributed by atoms with E-state index in [1.165, 1.54) is 0 Å². The van der Waals surface area contributed by atoms with Gasteiger partial charge in [-0.3, -0.25) is 4.79 Å². The van der Waals surface area contributed by atoms with Gasteiger partial charge in [0, 0.05) is 25.0 Å². The number of carbonyl (C=O) groups is 1. The van der Waals surface area contributed by atoms with E-state index in [0.29, 0.717) is 12.2 Å². The molecule has 1 aliphatic rings. The predicted molar refractivity (Wildman–Crippen MR) is 104 cm³/mol. The highest BCUT2D eigenvalue weighted by molar-refractivity contribution is 5.98. The Morgan fingerprint density at radius 3 is 2.26 bits per heavy atom. The third kappa shape index (κ3) is 6.86. The van der Waals surface area contributed by atoms with Gasteiger partial charge in [0.05, 0.1) is 6.61 Å². The first-order chi connectivity index (χ1) is 12.2. The van der Waals surface area contributed by atoms with Gasteiger partial charge in [-0.15, -0.1) is 0 Å². The van der Waals surface area contributed by atoms with Gasteiger partial charge in [-0.25, -0.2) is 4.99 Å². The van der Waals surface area contributed by atoms with Gasteiger partial charge in [-0.2, -0.15) is 0 Å². The molecule has 0 N–H and O–H groups in total. The molecule has 0 atom stereocenters. The van der Waals surface area contributed by atoms with Gasteiger partial charge in [0.1, 0.15) is 23.5 Å². The van der Waals surface area contributed by atoms with E-state index in [2.05, 4.69) is 4.99 Å². The minimum Gasteiger partial charge on any atom is -0.463 e. The number of hydrogen-bond acceptors (Lipinski definition) is 6. The van der Waals surface area contributed by atoms with Gasteiger partial charge < -0.3 is 18.9 Å². The number of benzene rings is 1. The van der Waals surface area contributed by atoms with Gasteiger partial charge >= 0.3 is 6.08 Å². The molecule has 1 aliphatic heterocycles. The van der Waals surface area contributed by atoms with Crippen molar-refractivity contribution >= 4 is 11.9 Å². The fourth-order valence-corrected chi connectivity index (χ4v) is 2.35. The van der Waals surface area contributed by atoms with Gasteiger partial charge in [0.2, 0.25) is 5.79 Å². The van der Waals surface area contributed by atoms with Crippen molar-refractivity contribution in [2.75, 3.05) is 6.54 Å². The molecule has 0 saturated carbocycles. The lowest BCUT2D eigenvalue weighted by atomic mass is 10.1. The van der Waals surface area contributed by atoms with Gasteiger partial charge in [-0.1, -0.05) is 0 Å². The van der Waals surface area contributed by atoms with Crippen molar-refractivity contribution in [1.82, 2.24) is 0 Å². The highest BCUT2D eigenvalue weighted by atomic mass is 16.7. The van der Waals surface area contributed by atoms with Crippen LogP contribution in [0, 0.1) is 0 Å². The average molecular weight is 377 g/mol. The zero-order chi connectivity index (χ0) is 20.5. The van der Waals surface area contributed by atoms with Crippen LogP contribution in [0.2, 0.25) is 0 Å². The first-order valence-corrected chi connectivity index (χ1v) is 9.16. The quantitative estimate of drug-likeness (QED) is 0.441. The van der Waals surface area contributed by atoms with E-state index >= 15 is 0 Å².